The van der Waals surface area contributed by atoms with E-state index in [9.17, 15) is 0 Å². The van der Waals surface area contributed by atoms with Crippen molar-refractivity contribution in [3.05, 3.63) is 84.6 Å². The third-order valence-electron chi connectivity index (χ3n) is 4.97. The van der Waals surface area contributed by atoms with Gasteiger partial charge in [0.2, 0.25) is 5.95 Å². The molecule has 4 aromatic rings. The van der Waals surface area contributed by atoms with Crippen LogP contribution < -0.4 is 15.4 Å². The van der Waals surface area contributed by atoms with Crippen molar-refractivity contribution in [2.45, 2.75) is 6.42 Å². The summed E-state index contributed by atoms with van der Waals surface area (Å²) in [6, 6.07) is 24.1. The molecule has 0 aliphatic carbocycles. The molecule has 0 aliphatic heterocycles. The fourth-order valence-electron chi connectivity index (χ4n) is 3.40. The van der Waals surface area contributed by atoms with Gasteiger partial charge in [-0.1, -0.05) is 48.5 Å². The molecule has 0 aliphatic rings. The fraction of sp³-hybridized carbons (Fsp3) is 0.160. The zero-order chi connectivity index (χ0) is 21.5. The minimum atomic E-state index is 0.588. The Bertz CT molecular complexity index is 1150. The van der Waals surface area contributed by atoms with E-state index in [-0.39, 0.29) is 0 Å². The van der Waals surface area contributed by atoms with Crippen molar-refractivity contribution in [2.75, 3.05) is 31.3 Å². The van der Waals surface area contributed by atoms with E-state index in [1.807, 2.05) is 67.7 Å². The molecule has 0 bridgehead atoms. The normalized spacial score (nSPS) is 10.5. The van der Waals surface area contributed by atoms with Gasteiger partial charge < -0.3 is 15.4 Å². The maximum absolute atomic E-state index is 5.49. The van der Waals surface area contributed by atoms with Crippen LogP contribution in [0.15, 0.2) is 79.0 Å². The lowest BCUT2D eigenvalue weighted by molar-refractivity contribution is 0.416. The van der Waals surface area contributed by atoms with Crippen molar-refractivity contribution in [3.63, 3.8) is 0 Å². The molecule has 6 heteroatoms. The van der Waals surface area contributed by atoms with Crippen molar-refractivity contribution >= 4 is 11.8 Å². The zero-order valence-electron chi connectivity index (χ0n) is 17.7. The number of aromatic nitrogens is 3. The van der Waals surface area contributed by atoms with Crippen molar-refractivity contribution in [1.82, 2.24) is 15.0 Å². The largest absolute Gasteiger partial charge is 0.496 e. The first kappa shape index (κ1) is 20.3. The van der Waals surface area contributed by atoms with Crippen LogP contribution in [0.3, 0.4) is 0 Å². The predicted octanol–water partition coefficient (Wildman–Crippen LogP) is 4.91. The summed E-state index contributed by atoms with van der Waals surface area (Å²) in [4.78, 5) is 14.0. The van der Waals surface area contributed by atoms with Gasteiger partial charge in [0, 0.05) is 25.4 Å². The first-order valence-electron chi connectivity index (χ1n) is 10.2. The summed E-state index contributed by atoms with van der Waals surface area (Å²) in [6.07, 6.45) is 2.71. The molecule has 0 saturated heterocycles. The van der Waals surface area contributed by atoms with Crippen LogP contribution in [0.25, 0.3) is 22.5 Å². The summed E-state index contributed by atoms with van der Waals surface area (Å²) in [5.74, 6) is 2.10. The fourth-order valence-corrected chi connectivity index (χ4v) is 3.40. The van der Waals surface area contributed by atoms with Gasteiger partial charge in [-0.2, -0.15) is 4.98 Å². The number of para-hydroxylation sites is 1. The molecule has 0 amide bonds. The van der Waals surface area contributed by atoms with Crippen LogP contribution in [0.5, 0.6) is 5.75 Å². The molecule has 0 radical (unpaired) electrons. The first-order chi connectivity index (χ1) is 15.3. The highest BCUT2D eigenvalue weighted by atomic mass is 16.5. The SMILES string of the molecule is CNc1nc(NCCc2ccccc2)ncc1-c1cccc(-c2ccccc2OC)n1. The van der Waals surface area contributed by atoms with Crippen LogP contribution in [0.2, 0.25) is 0 Å². The molecule has 4 rings (SSSR count). The highest BCUT2D eigenvalue weighted by Crippen LogP contribution is 2.31. The molecule has 2 aromatic heterocycles. The standard InChI is InChI=1S/C25H25N5O/c1-26-24-20(17-28-25(30-24)27-16-15-18-9-4-3-5-10-18)22-13-8-12-21(29-22)19-11-6-7-14-23(19)31-2/h3-14,17H,15-16H2,1-2H3,(H2,26,27,28,30). The number of anilines is 2. The van der Waals surface area contributed by atoms with Crippen LogP contribution in [0, 0.1) is 0 Å². The Morgan fingerprint density at radius 2 is 1.55 bits per heavy atom. The highest BCUT2D eigenvalue weighted by molar-refractivity contribution is 5.75. The second-order valence-corrected chi connectivity index (χ2v) is 6.98. The molecule has 0 fully saturated rings. The molecular weight excluding hydrogens is 386 g/mol. The molecule has 0 unspecified atom stereocenters. The maximum Gasteiger partial charge on any atom is 0.224 e. The van der Waals surface area contributed by atoms with Crippen LogP contribution in [0.4, 0.5) is 11.8 Å². The summed E-state index contributed by atoms with van der Waals surface area (Å²) < 4.78 is 5.49. The van der Waals surface area contributed by atoms with Gasteiger partial charge in [-0.15, -0.1) is 0 Å². The molecule has 0 spiro atoms. The van der Waals surface area contributed by atoms with E-state index < -0.39 is 0 Å². The first-order valence-corrected chi connectivity index (χ1v) is 10.2. The van der Waals surface area contributed by atoms with E-state index in [1.165, 1.54) is 5.56 Å². The van der Waals surface area contributed by atoms with Crippen molar-refractivity contribution in [2.24, 2.45) is 0 Å². The second kappa shape index (κ2) is 9.71. The van der Waals surface area contributed by atoms with Gasteiger partial charge in [0.25, 0.3) is 0 Å². The summed E-state index contributed by atoms with van der Waals surface area (Å²) in [5.41, 5.74) is 4.69. The summed E-state index contributed by atoms with van der Waals surface area (Å²) >= 11 is 0. The number of ether oxygens (including phenoxy) is 1. The van der Waals surface area contributed by atoms with E-state index in [0.29, 0.717) is 5.95 Å². The number of benzene rings is 2. The van der Waals surface area contributed by atoms with E-state index in [2.05, 4.69) is 32.7 Å². The number of nitrogens with zero attached hydrogens (tertiary/aromatic N) is 3. The number of methoxy groups -OCH3 is 1. The number of hydrogen-bond acceptors (Lipinski definition) is 6. The number of hydrogen-bond donors (Lipinski definition) is 2. The van der Waals surface area contributed by atoms with Gasteiger partial charge >= 0.3 is 0 Å². The van der Waals surface area contributed by atoms with Crippen molar-refractivity contribution < 1.29 is 4.74 Å². The average molecular weight is 412 g/mol. The Morgan fingerprint density at radius 1 is 0.806 bits per heavy atom. The van der Waals surface area contributed by atoms with Gasteiger partial charge in [-0.3, -0.25) is 0 Å². The average Bonchev–Trinajstić information content (AvgIpc) is 2.84. The number of rotatable bonds is 8. The van der Waals surface area contributed by atoms with E-state index >= 15 is 0 Å². The quantitative estimate of drug-likeness (QED) is 0.429. The molecule has 0 saturated carbocycles. The predicted molar refractivity (Wildman–Crippen MR) is 125 cm³/mol. The third kappa shape index (κ3) is 4.80. The Kier molecular flexibility index (Phi) is 6.38. The number of pyridine rings is 1. The monoisotopic (exact) mass is 411 g/mol. The van der Waals surface area contributed by atoms with Gasteiger partial charge in [-0.25, -0.2) is 9.97 Å². The third-order valence-corrected chi connectivity index (χ3v) is 4.97. The van der Waals surface area contributed by atoms with E-state index in [0.717, 1.165) is 47.0 Å². The minimum absolute atomic E-state index is 0.588. The lowest BCUT2D eigenvalue weighted by Gasteiger charge is -2.12. The Morgan fingerprint density at radius 3 is 2.32 bits per heavy atom. The van der Waals surface area contributed by atoms with Gasteiger partial charge in [0.1, 0.15) is 11.6 Å². The molecule has 0 atom stereocenters. The summed E-state index contributed by atoms with van der Waals surface area (Å²) in [6.45, 7) is 0.758. The highest BCUT2D eigenvalue weighted by Gasteiger charge is 2.12. The molecule has 2 heterocycles. The van der Waals surface area contributed by atoms with Gasteiger partial charge in [0.15, 0.2) is 0 Å². The zero-order valence-corrected chi connectivity index (χ0v) is 17.7. The second-order valence-electron chi connectivity index (χ2n) is 6.98. The Labute approximate surface area is 182 Å². The van der Waals surface area contributed by atoms with Gasteiger partial charge in [0.05, 0.1) is 24.1 Å². The molecule has 31 heavy (non-hydrogen) atoms. The molecule has 156 valence electrons. The van der Waals surface area contributed by atoms with Crippen LogP contribution in [0.1, 0.15) is 5.56 Å². The van der Waals surface area contributed by atoms with Crippen LogP contribution in [-0.2, 0) is 6.42 Å². The Hall–Kier alpha value is -3.93. The van der Waals surface area contributed by atoms with E-state index in [1.54, 1.807) is 13.3 Å². The topological polar surface area (TPSA) is 72.0 Å². The molecule has 6 nitrogen and oxygen atoms in total. The van der Waals surface area contributed by atoms with Gasteiger partial charge in [-0.05, 0) is 36.2 Å². The van der Waals surface area contributed by atoms with Crippen LogP contribution in [-0.4, -0.2) is 35.7 Å². The lowest BCUT2D eigenvalue weighted by Crippen LogP contribution is -2.09. The van der Waals surface area contributed by atoms with Crippen LogP contribution >= 0.6 is 0 Å². The molecule has 2 N–H and O–H groups in total. The summed E-state index contributed by atoms with van der Waals surface area (Å²) in [5, 5.41) is 6.47. The van der Waals surface area contributed by atoms with E-state index in [4.69, 9.17) is 9.72 Å². The summed E-state index contributed by atoms with van der Waals surface area (Å²) in [7, 11) is 3.52. The lowest BCUT2D eigenvalue weighted by atomic mass is 10.1. The minimum Gasteiger partial charge on any atom is -0.496 e. The molecular formula is C25H25N5O. The smallest absolute Gasteiger partial charge is 0.224 e. The van der Waals surface area contributed by atoms with Crippen molar-refractivity contribution in [1.29, 1.82) is 0 Å². The maximum atomic E-state index is 5.49. The number of nitrogens with one attached hydrogen (secondary N) is 2. The Balaban J connectivity index is 1.55. The van der Waals surface area contributed by atoms with Crippen molar-refractivity contribution in [3.8, 4) is 28.3 Å². The molecule has 2 aromatic carbocycles.